The lowest BCUT2D eigenvalue weighted by Crippen LogP contribution is -2.53. The van der Waals surface area contributed by atoms with E-state index in [-0.39, 0.29) is 11.9 Å². The van der Waals surface area contributed by atoms with Crippen LogP contribution in [0.15, 0.2) is 91.3 Å². The molecule has 1 atom stereocenters. The van der Waals surface area contributed by atoms with Gasteiger partial charge in [0.25, 0.3) is 0 Å². The molecule has 2 heterocycles. The van der Waals surface area contributed by atoms with Gasteiger partial charge in [-0.25, -0.2) is 0 Å². The largest absolute Gasteiger partial charge is 0.353 e. The second kappa shape index (κ2) is 13.0. The standard InChI is InChI=1S/C30H36N4O/c1-25-24-34(30(27-12-4-2-5-13-27)28-14-6-3-7-15-28)22-21-33(25)20-9-8-19-32-29(35)17-16-26-11-10-18-31-23-26/h2-7,10-18,23,25,30H,8-9,19-22,24H2,1H3,(H,32,35). The van der Waals surface area contributed by atoms with Gasteiger partial charge < -0.3 is 5.32 Å². The van der Waals surface area contributed by atoms with Gasteiger partial charge in [0, 0.05) is 50.7 Å². The summed E-state index contributed by atoms with van der Waals surface area (Å²) in [6.07, 6.45) is 8.90. The zero-order valence-electron chi connectivity index (χ0n) is 20.6. The van der Waals surface area contributed by atoms with Crippen LogP contribution in [0.2, 0.25) is 0 Å². The van der Waals surface area contributed by atoms with E-state index in [1.54, 1.807) is 24.5 Å². The monoisotopic (exact) mass is 468 g/mol. The van der Waals surface area contributed by atoms with E-state index in [0.717, 1.165) is 44.6 Å². The minimum atomic E-state index is -0.0521. The lowest BCUT2D eigenvalue weighted by molar-refractivity contribution is -0.116. The number of aromatic nitrogens is 1. The van der Waals surface area contributed by atoms with Crippen LogP contribution < -0.4 is 5.32 Å². The quantitative estimate of drug-likeness (QED) is 0.343. The summed E-state index contributed by atoms with van der Waals surface area (Å²) < 4.78 is 0. The van der Waals surface area contributed by atoms with Gasteiger partial charge in [-0.15, -0.1) is 0 Å². The average Bonchev–Trinajstić information content (AvgIpc) is 2.90. The molecule has 0 bridgehead atoms. The molecule has 1 saturated heterocycles. The number of carbonyl (C=O) groups excluding carboxylic acids is 1. The second-order valence-electron chi connectivity index (χ2n) is 9.22. The molecule has 1 aliphatic rings. The van der Waals surface area contributed by atoms with Crippen LogP contribution in [0, 0.1) is 0 Å². The Labute approximate surface area is 209 Å². The third-order valence-electron chi connectivity index (χ3n) is 6.68. The number of pyridine rings is 1. The minimum absolute atomic E-state index is 0.0521. The second-order valence-corrected chi connectivity index (χ2v) is 9.22. The number of hydrogen-bond donors (Lipinski definition) is 1. The van der Waals surface area contributed by atoms with Crippen LogP contribution in [0.4, 0.5) is 0 Å². The molecule has 0 saturated carbocycles. The summed E-state index contributed by atoms with van der Waals surface area (Å²) in [6.45, 7) is 7.27. The maximum atomic E-state index is 12.0. The maximum Gasteiger partial charge on any atom is 0.243 e. The lowest BCUT2D eigenvalue weighted by atomic mass is 9.95. The van der Waals surface area contributed by atoms with Gasteiger partial charge in [-0.3, -0.25) is 19.6 Å². The van der Waals surface area contributed by atoms with Gasteiger partial charge in [0.15, 0.2) is 0 Å². The molecule has 2 aromatic carbocycles. The number of amides is 1. The van der Waals surface area contributed by atoms with E-state index in [0.29, 0.717) is 12.6 Å². The van der Waals surface area contributed by atoms with Crippen molar-refractivity contribution in [1.82, 2.24) is 20.1 Å². The van der Waals surface area contributed by atoms with Crippen molar-refractivity contribution in [2.75, 3.05) is 32.7 Å². The Morgan fingerprint density at radius 2 is 1.71 bits per heavy atom. The summed E-state index contributed by atoms with van der Waals surface area (Å²) >= 11 is 0. The van der Waals surface area contributed by atoms with Crippen LogP contribution in [0.3, 0.4) is 0 Å². The molecule has 0 aliphatic carbocycles. The van der Waals surface area contributed by atoms with Crippen molar-refractivity contribution in [3.63, 3.8) is 0 Å². The van der Waals surface area contributed by atoms with Crippen molar-refractivity contribution in [2.24, 2.45) is 0 Å². The van der Waals surface area contributed by atoms with Crippen LogP contribution in [-0.4, -0.2) is 59.5 Å². The first-order valence-corrected chi connectivity index (χ1v) is 12.6. The molecule has 3 aromatic rings. The minimum Gasteiger partial charge on any atom is -0.353 e. The molecule has 5 nitrogen and oxygen atoms in total. The van der Waals surface area contributed by atoms with Gasteiger partial charge in [-0.05, 0) is 55.1 Å². The third-order valence-corrected chi connectivity index (χ3v) is 6.68. The fourth-order valence-electron chi connectivity index (χ4n) is 4.83. The van der Waals surface area contributed by atoms with E-state index >= 15 is 0 Å². The SMILES string of the molecule is CC1CN(C(c2ccccc2)c2ccccc2)CCN1CCCCNC(=O)C=Cc1cccnc1. The molecular formula is C30H36N4O. The van der Waals surface area contributed by atoms with E-state index in [4.69, 9.17) is 0 Å². The molecular weight excluding hydrogens is 432 g/mol. The molecule has 4 rings (SSSR count). The normalized spacial score (nSPS) is 17.1. The number of rotatable bonds is 10. The van der Waals surface area contributed by atoms with Crippen LogP contribution in [-0.2, 0) is 4.79 Å². The zero-order valence-corrected chi connectivity index (χ0v) is 20.6. The molecule has 35 heavy (non-hydrogen) atoms. The summed E-state index contributed by atoms with van der Waals surface area (Å²) in [7, 11) is 0. The molecule has 0 radical (unpaired) electrons. The van der Waals surface area contributed by atoms with Gasteiger partial charge in [0.1, 0.15) is 0 Å². The number of benzene rings is 2. The van der Waals surface area contributed by atoms with Crippen molar-refractivity contribution < 1.29 is 4.79 Å². The van der Waals surface area contributed by atoms with Gasteiger partial charge in [-0.1, -0.05) is 66.7 Å². The van der Waals surface area contributed by atoms with E-state index in [1.165, 1.54) is 11.1 Å². The van der Waals surface area contributed by atoms with Crippen molar-refractivity contribution in [2.45, 2.75) is 31.8 Å². The Bertz CT molecular complexity index is 1020. The molecule has 1 N–H and O–H groups in total. The van der Waals surface area contributed by atoms with Crippen LogP contribution in [0.5, 0.6) is 0 Å². The number of nitrogens with one attached hydrogen (secondary N) is 1. The summed E-state index contributed by atoms with van der Waals surface area (Å²) in [5.74, 6) is -0.0521. The van der Waals surface area contributed by atoms with Gasteiger partial charge in [-0.2, -0.15) is 0 Å². The molecule has 1 aromatic heterocycles. The Kier molecular flexibility index (Phi) is 9.21. The van der Waals surface area contributed by atoms with Crippen molar-refractivity contribution in [3.05, 3.63) is 108 Å². The fourth-order valence-corrected chi connectivity index (χ4v) is 4.83. The third kappa shape index (κ3) is 7.35. The average molecular weight is 469 g/mol. The fraction of sp³-hybridized carbons (Fsp3) is 0.333. The lowest BCUT2D eigenvalue weighted by Gasteiger charge is -2.43. The molecule has 182 valence electrons. The van der Waals surface area contributed by atoms with Gasteiger partial charge >= 0.3 is 0 Å². The van der Waals surface area contributed by atoms with E-state index in [2.05, 4.69) is 87.7 Å². The highest BCUT2D eigenvalue weighted by molar-refractivity contribution is 5.91. The van der Waals surface area contributed by atoms with E-state index in [1.807, 2.05) is 12.1 Å². The highest BCUT2D eigenvalue weighted by Crippen LogP contribution is 2.30. The van der Waals surface area contributed by atoms with E-state index in [9.17, 15) is 4.79 Å². The number of piperazine rings is 1. The first kappa shape index (κ1) is 24.8. The summed E-state index contributed by atoms with van der Waals surface area (Å²) in [5, 5.41) is 2.99. The van der Waals surface area contributed by atoms with Crippen LogP contribution in [0.25, 0.3) is 6.08 Å². The summed E-state index contributed by atoms with van der Waals surface area (Å²) in [4.78, 5) is 21.3. The first-order chi connectivity index (χ1) is 17.2. The Balaban J connectivity index is 1.22. The van der Waals surface area contributed by atoms with Gasteiger partial charge in [0.2, 0.25) is 5.91 Å². The topological polar surface area (TPSA) is 48.5 Å². The number of hydrogen-bond acceptors (Lipinski definition) is 4. The molecule has 0 spiro atoms. The van der Waals surface area contributed by atoms with Gasteiger partial charge in [0.05, 0.1) is 6.04 Å². The van der Waals surface area contributed by atoms with Crippen molar-refractivity contribution in [3.8, 4) is 0 Å². The smallest absolute Gasteiger partial charge is 0.243 e. The molecule has 1 amide bonds. The predicted octanol–water partition coefficient (Wildman–Crippen LogP) is 4.79. The molecule has 1 unspecified atom stereocenters. The number of unbranched alkanes of at least 4 members (excludes halogenated alkanes) is 1. The Hall–Kier alpha value is -3.28. The van der Waals surface area contributed by atoms with E-state index < -0.39 is 0 Å². The molecule has 1 fully saturated rings. The molecule has 1 aliphatic heterocycles. The first-order valence-electron chi connectivity index (χ1n) is 12.6. The zero-order chi connectivity index (χ0) is 24.3. The highest BCUT2D eigenvalue weighted by atomic mass is 16.1. The highest BCUT2D eigenvalue weighted by Gasteiger charge is 2.29. The predicted molar refractivity (Wildman–Crippen MR) is 143 cm³/mol. The molecule has 5 heteroatoms. The Morgan fingerprint density at radius 1 is 1.00 bits per heavy atom. The van der Waals surface area contributed by atoms with Crippen LogP contribution in [0.1, 0.15) is 42.5 Å². The Morgan fingerprint density at radius 3 is 2.34 bits per heavy atom. The summed E-state index contributed by atoms with van der Waals surface area (Å²) in [5.41, 5.74) is 3.64. The van der Waals surface area contributed by atoms with Crippen molar-refractivity contribution >= 4 is 12.0 Å². The number of nitrogens with zero attached hydrogens (tertiary/aromatic N) is 3. The van der Waals surface area contributed by atoms with Crippen molar-refractivity contribution in [1.29, 1.82) is 0 Å². The maximum absolute atomic E-state index is 12.0. The number of carbonyl (C=O) groups is 1. The van der Waals surface area contributed by atoms with Crippen LogP contribution >= 0.6 is 0 Å². The summed E-state index contributed by atoms with van der Waals surface area (Å²) in [6, 6.07) is 26.3.